The van der Waals surface area contributed by atoms with E-state index in [-0.39, 0.29) is 0 Å². The molecule has 0 radical (unpaired) electrons. The lowest BCUT2D eigenvalue weighted by Crippen LogP contribution is -2.23. The Hall–Kier alpha value is -2.66. The summed E-state index contributed by atoms with van der Waals surface area (Å²) in [5, 5.41) is 14.0. The first-order valence-corrected chi connectivity index (χ1v) is 8.00. The highest BCUT2D eigenvalue weighted by molar-refractivity contribution is 5.96. The third-order valence-corrected chi connectivity index (χ3v) is 4.53. The van der Waals surface area contributed by atoms with E-state index in [0.29, 0.717) is 11.5 Å². The quantitative estimate of drug-likeness (QED) is 0.804. The van der Waals surface area contributed by atoms with Crippen molar-refractivity contribution in [2.75, 3.05) is 20.8 Å². The Morgan fingerprint density at radius 3 is 2.67 bits per heavy atom. The monoisotopic (exact) mass is 321 g/mol. The van der Waals surface area contributed by atoms with Gasteiger partial charge in [0, 0.05) is 22.9 Å². The Bertz CT molecular complexity index is 908. The van der Waals surface area contributed by atoms with Crippen molar-refractivity contribution in [2.45, 2.75) is 13.0 Å². The van der Waals surface area contributed by atoms with Crippen molar-refractivity contribution in [3.63, 3.8) is 0 Å². The minimum atomic E-state index is 0.695. The third kappa shape index (κ3) is 2.47. The summed E-state index contributed by atoms with van der Waals surface area (Å²) in [6, 6.07) is 10.4. The number of ether oxygens (including phenoxy) is 2. The van der Waals surface area contributed by atoms with E-state index in [1.807, 2.05) is 12.1 Å². The summed E-state index contributed by atoms with van der Waals surface area (Å²) in [6.07, 6.45) is 2.79. The number of methoxy groups -OCH3 is 2. The minimum Gasteiger partial charge on any atom is -0.493 e. The van der Waals surface area contributed by atoms with E-state index in [4.69, 9.17) is 9.47 Å². The molecule has 5 nitrogen and oxygen atoms in total. The van der Waals surface area contributed by atoms with Crippen LogP contribution in [0.3, 0.4) is 0 Å². The summed E-state index contributed by atoms with van der Waals surface area (Å²) in [5.41, 5.74) is 4.69. The Morgan fingerprint density at radius 2 is 1.83 bits per heavy atom. The number of aromatic nitrogens is 2. The van der Waals surface area contributed by atoms with Crippen molar-refractivity contribution in [3.8, 4) is 22.8 Å². The van der Waals surface area contributed by atoms with Crippen LogP contribution >= 0.6 is 0 Å². The molecule has 1 aliphatic rings. The lowest BCUT2D eigenvalue weighted by atomic mass is 9.96. The molecule has 3 aromatic rings. The molecule has 122 valence electrons. The van der Waals surface area contributed by atoms with Crippen LogP contribution in [0.4, 0.5) is 0 Å². The summed E-state index contributed by atoms with van der Waals surface area (Å²) < 4.78 is 10.8. The summed E-state index contributed by atoms with van der Waals surface area (Å²) in [7, 11) is 3.28. The van der Waals surface area contributed by atoms with Crippen LogP contribution in [-0.2, 0) is 13.0 Å². The van der Waals surface area contributed by atoms with Gasteiger partial charge in [-0.2, -0.15) is 5.10 Å². The normalized spacial score (nSPS) is 13.6. The predicted octanol–water partition coefficient (Wildman–Crippen LogP) is 2.96. The van der Waals surface area contributed by atoms with E-state index in [0.717, 1.165) is 41.5 Å². The third-order valence-electron chi connectivity index (χ3n) is 4.53. The van der Waals surface area contributed by atoms with Gasteiger partial charge in [0.15, 0.2) is 11.5 Å². The molecule has 0 aliphatic carbocycles. The zero-order valence-electron chi connectivity index (χ0n) is 13.8. The maximum absolute atomic E-state index is 5.44. The number of fused-ring (bicyclic) bond motifs is 2. The van der Waals surface area contributed by atoms with Crippen LogP contribution < -0.4 is 14.8 Å². The highest BCUT2D eigenvalue weighted by Crippen LogP contribution is 2.36. The Morgan fingerprint density at radius 1 is 1.00 bits per heavy atom. The van der Waals surface area contributed by atoms with E-state index < -0.39 is 0 Å². The zero-order valence-corrected chi connectivity index (χ0v) is 13.8. The lowest BCUT2D eigenvalue weighted by Gasteiger charge is -2.18. The molecule has 1 aromatic heterocycles. The van der Waals surface area contributed by atoms with E-state index in [2.05, 4.69) is 33.7 Å². The Kier molecular flexibility index (Phi) is 3.78. The number of nitrogens with zero attached hydrogens (tertiary/aromatic N) is 2. The second-order valence-electron chi connectivity index (χ2n) is 5.90. The maximum Gasteiger partial charge on any atom is 0.161 e. The van der Waals surface area contributed by atoms with Crippen LogP contribution in [0.5, 0.6) is 11.5 Å². The number of rotatable bonds is 3. The molecule has 2 aromatic carbocycles. The van der Waals surface area contributed by atoms with Crippen molar-refractivity contribution < 1.29 is 9.47 Å². The van der Waals surface area contributed by atoms with Crippen molar-refractivity contribution in [1.82, 2.24) is 15.5 Å². The van der Waals surface area contributed by atoms with E-state index in [1.165, 1.54) is 11.1 Å². The summed E-state index contributed by atoms with van der Waals surface area (Å²) in [6.45, 7) is 1.95. The lowest BCUT2D eigenvalue weighted by molar-refractivity contribution is 0.356. The van der Waals surface area contributed by atoms with Crippen LogP contribution in [0.2, 0.25) is 0 Å². The number of hydrogen-bond donors (Lipinski definition) is 1. The fourth-order valence-electron chi connectivity index (χ4n) is 3.25. The van der Waals surface area contributed by atoms with Crippen molar-refractivity contribution in [1.29, 1.82) is 0 Å². The van der Waals surface area contributed by atoms with Gasteiger partial charge in [0.2, 0.25) is 0 Å². The fourth-order valence-corrected chi connectivity index (χ4v) is 3.25. The van der Waals surface area contributed by atoms with Gasteiger partial charge in [-0.15, -0.1) is 5.10 Å². The van der Waals surface area contributed by atoms with Crippen LogP contribution in [0.25, 0.3) is 22.0 Å². The molecule has 0 bridgehead atoms. The summed E-state index contributed by atoms with van der Waals surface area (Å²) in [5.74, 6) is 1.39. The molecule has 0 amide bonds. The Balaban J connectivity index is 1.90. The predicted molar refractivity (Wildman–Crippen MR) is 93.5 cm³/mol. The summed E-state index contributed by atoms with van der Waals surface area (Å²) >= 11 is 0. The average molecular weight is 321 g/mol. The largest absolute Gasteiger partial charge is 0.493 e. The van der Waals surface area contributed by atoms with Crippen molar-refractivity contribution >= 4 is 10.8 Å². The van der Waals surface area contributed by atoms with Gasteiger partial charge in [-0.05, 0) is 42.3 Å². The number of nitrogens with one attached hydrogen (secondary N) is 1. The van der Waals surface area contributed by atoms with Crippen LogP contribution in [0, 0.1) is 0 Å². The van der Waals surface area contributed by atoms with Crippen molar-refractivity contribution in [2.24, 2.45) is 0 Å². The molecule has 1 aliphatic heterocycles. The first kappa shape index (κ1) is 14.9. The molecule has 0 saturated carbocycles. The molecule has 0 fully saturated rings. The average Bonchev–Trinajstić information content (AvgIpc) is 2.65. The molecule has 0 atom stereocenters. The molecule has 0 saturated heterocycles. The maximum atomic E-state index is 5.44. The van der Waals surface area contributed by atoms with E-state index in [1.54, 1.807) is 20.4 Å². The van der Waals surface area contributed by atoms with Gasteiger partial charge in [0.05, 0.1) is 20.4 Å². The molecular formula is C19H19N3O2. The van der Waals surface area contributed by atoms with Gasteiger partial charge in [-0.25, -0.2) is 0 Å². The van der Waals surface area contributed by atoms with Crippen molar-refractivity contribution in [3.05, 3.63) is 47.7 Å². The smallest absolute Gasteiger partial charge is 0.161 e. The van der Waals surface area contributed by atoms with Gasteiger partial charge in [0.1, 0.15) is 5.69 Å². The molecule has 0 spiro atoms. The van der Waals surface area contributed by atoms with E-state index >= 15 is 0 Å². The number of benzene rings is 2. The molecule has 24 heavy (non-hydrogen) atoms. The SMILES string of the molecule is COc1cc2cnnc(-c3ccc4c(c3)CCNC4)c2cc1OC. The number of hydrogen-bond acceptors (Lipinski definition) is 5. The van der Waals surface area contributed by atoms with E-state index in [9.17, 15) is 0 Å². The van der Waals surface area contributed by atoms with Crippen LogP contribution in [0.1, 0.15) is 11.1 Å². The highest BCUT2D eigenvalue weighted by Gasteiger charge is 2.14. The zero-order chi connectivity index (χ0) is 16.5. The first-order valence-electron chi connectivity index (χ1n) is 8.00. The first-order chi connectivity index (χ1) is 11.8. The fraction of sp³-hybridized carbons (Fsp3) is 0.263. The molecule has 4 rings (SSSR count). The van der Waals surface area contributed by atoms with Crippen LogP contribution in [0.15, 0.2) is 36.5 Å². The second-order valence-corrected chi connectivity index (χ2v) is 5.90. The summed E-state index contributed by atoms with van der Waals surface area (Å²) in [4.78, 5) is 0. The molecule has 2 heterocycles. The van der Waals surface area contributed by atoms with Crippen LogP contribution in [-0.4, -0.2) is 31.0 Å². The molecule has 0 unspecified atom stereocenters. The van der Waals surface area contributed by atoms with Gasteiger partial charge < -0.3 is 14.8 Å². The Labute approximate surface area is 140 Å². The highest BCUT2D eigenvalue weighted by atomic mass is 16.5. The molecule has 5 heteroatoms. The second kappa shape index (κ2) is 6.09. The van der Waals surface area contributed by atoms with Gasteiger partial charge in [-0.3, -0.25) is 0 Å². The topological polar surface area (TPSA) is 56.3 Å². The van der Waals surface area contributed by atoms with Gasteiger partial charge in [-0.1, -0.05) is 12.1 Å². The standard InChI is InChI=1S/C19H19N3O2/c1-23-17-8-15-11-21-22-19(16(15)9-18(17)24-2)13-3-4-14-10-20-6-5-12(14)7-13/h3-4,7-9,11,20H,5-6,10H2,1-2H3. The van der Waals surface area contributed by atoms with Gasteiger partial charge in [0.25, 0.3) is 0 Å². The molecule has 1 N–H and O–H groups in total. The van der Waals surface area contributed by atoms with Gasteiger partial charge >= 0.3 is 0 Å². The molecular weight excluding hydrogens is 302 g/mol. The minimum absolute atomic E-state index is 0.695.